The second-order valence-electron chi connectivity index (χ2n) is 8.02. The molecule has 33 heavy (non-hydrogen) atoms. The molecule has 8 heteroatoms. The first-order valence-corrected chi connectivity index (χ1v) is 10.6. The molecule has 2 aromatic carbocycles. The molecular formula is C25H25N5O3. The number of carbonyl (C=O) groups excluding carboxylic acids is 1. The Hall–Kier alpha value is -4.20. The van der Waals surface area contributed by atoms with E-state index in [9.17, 15) is 14.4 Å². The van der Waals surface area contributed by atoms with Gasteiger partial charge in [0.05, 0.1) is 17.1 Å². The van der Waals surface area contributed by atoms with Gasteiger partial charge in [-0.05, 0) is 50.6 Å². The number of hydrogen-bond acceptors (Lipinski definition) is 4. The van der Waals surface area contributed by atoms with Crippen LogP contribution in [0.3, 0.4) is 0 Å². The first-order valence-electron chi connectivity index (χ1n) is 10.6. The number of hydrogen-bond donors (Lipinski definition) is 1. The number of rotatable bonds is 5. The zero-order valence-corrected chi connectivity index (χ0v) is 19.0. The number of para-hydroxylation sites is 1. The van der Waals surface area contributed by atoms with E-state index in [2.05, 4.69) is 10.4 Å². The summed E-state index contributed by atoms with van der Waals surface area (Å²) in [5, 5.41) is 7.07. The van der Waals surface area contributed by atoms with Crippen molar-refractivity contribution in [2.24, 2.45) is 7.05 Å². The lowest BCUT2D eigenvalue weighted by molar-refractivity contribution is -0.117. The number of aryl methyl sites for hydroxylation is 2. The average Bonchev–Trinajstić information content (AvgIpc) is 3.00. The van der Waals surface area contributed by atoms with Gasteiger partial charge in [-0.3, -0.25) is 19.1 Å². The van der Waals surface area contributed by atoms with Gasteiger partial charge in [-0.2, -0.15) is 5.10 Å². The minimum atomic E-state index is -0.506. The summed E-state index contributed by atoms with van der Waals surface area (Å²) in [6.45, 7) is 5.39. The number of benzene rings is 2. The van der Waals surface area contributed by atoms with Crippen molar-refractivity contribution in [1.29, 1.82) is 0 Å². The number of aromatic nitrogens is 4. The molecule has 0 atom stereocenters. The molecule has 0 unspecified atom stereocenters. The van der Waals surface area contributed by atoms with Crippen LogP contribution in [0.15, 0.2) is 70.3 Å². The molecule has 0 aliphatic rings. The van der Waals surface area contributed by atoms with Gasteiger partial charge < -0.3 is 5.32 Å². The molecule has 1 N–H and O–H groups in total. The first kappa shape index (κ1) is 22.0. The molecular weight excluding hydrogens is 418 g/mol. The minimum absolute atomic E-state index is 0.171. The second kappa shape index (κ2) is 8.74. The van der Waals surface area contributed by atoms with E-state index in [1.165, 1.54) is 10.7 Å². The Morgan fingerprint density at radius 3 is 2.42 bits per heavy atom. The minimum Gasteiger partial charge on any atom is -0.318 e. The van der Waals surface area contributed by atoms with E-state index in [-0.39, 0.29) is 17.8 Å². The Kier molecular flexibility index (Phi) is 5.83. The molecule has 4 aromatic rings. The molecule has 0 radical (unpaired) electrons. The lowest BCUT2D eigenvalue weighted by atomic mass is 10.0. The predicted molar refractivity (Wildman–Crippen MR) is 128 cm³/mol. The third kappa shape index (κ3) is 4.27. The third-order valence-corrected chi connectivity index (χ3v) is 5.65. The van der Waals surface area contributed by atoms with E-state index >= 15 is 0 Å². The molecule has 0 aliphatic carbocycles. The normalized spacial score (nSPS) is 10.9. The molecule has 0 aliphatic heterocycles. The fourth-order valence-electron chi connectivity index (χ4n) is 3.74. The van der Waals surface area contributed by atoms with Crippen LogP contribution in [0.25, 0.3) is 16.9 Å². The quantitative estimate of drug-likeness (QED) is 0.513. The highest BCUT2D eigenvalue weighted by Gasteiger charge is 2.19. The van der Waals surface area contributed by atoms with Gasteiger partial charge in [-0.25, -0.2) is 9.36 Å². The van der Waals surface area contributed by atoms with Crippen molar-refractivity contribution in [2.75, 3.05) is 5.32 Å². The number of nitrogens with zero attached hydrogens (tertiary/aromatic N) is 4. The molecule has 168 valence electrons. The summed E-state index contributed by atoms with van der Waals surface area (Å²) >= 11 is 0. The summed E-state index contributed by atoms with van der Waals surface area (Å²) < 4.78 is 4.27. The van der Waals surface area contributed by atoms with Crippen LogP contribution in [-0.2, 0) is 18.4 Å². The molecule has 0 spiro atoms. The fraction of sp³-hybridized carbons (Fsp3) is 0.200. The third-order valence-electron chi connectivity index (χ3n) is 5.65. The summed E-state index contributed by atoms with van der Waals surface area (Å²) in [4.78, 5) is 38.2. The molecule has 0 bridgehead atoms. The van der Waals surface area contributed by atoms with Crippen LogP contribution in [-0.4, -0.2) is 25.1 Å². The zero-order chi connectivity index (χ0) is 23.7. The predicted octanol–water partition coefficient (Wildman–Crippen LogP) is 2.96. The molecule has 8 nitrogen and oxygen atoms in total. The van der Waals surface area contributed by atoms with Gasteiger partial charge in [0.15, 0.2) is 0 Å². The SMILES string of the molecule is Cc1ccc(C)c(-c2ccc(=O)n(CC(=O)Nc3c(C)n(C)n(-c4ccccc4)c3=O)n2)c1. The Bertz CT molecular complexity index is 1460. The van der Waals surface area contributed by atoms with Gasteiger partial charge in [0.1, 0.15) is 12.2 Å². The van der Waals surface area contributed by atoms with Crippen molar-refractivity contribution in [3.05, 3.63) is 98.2 Å². The Balaban J connectivity index is 1.62. The first-order chi connectivity index (χ1) is 15.8. The largest absolute Gasteiger partial charge is 0.318 e. The molecule has 0 fully saturated rings. The fourth-order valence-corrected chi connectivity index (χ4v) is 3.74. The van der Waals surface area contributed by atoms with Crippen LogP contribution >= 0.6 is 0 Å². The summed E-state index contributed by atoms with van der Waals surface area (Å²) in [5.41, 5.74) is 4.30. The van der Waals surface area contributed by atoms with E-state index in [4.69, 9.17) is 0 Å². The van der Waals surface area contributed by atoms with Crippen LogP contribution in [0.2, 0.25) is 0 Å². The van der Waals surface area contributed by atoms with Crippen LogP contribution in [0, 0.1) is 20.8 Å². The monoisotopic (exact) mass is 443 g/mol. The van der Waals surface area contributed by atoms with Crippen LogP contribution < -0.4 is 16.4 Å². The molecule has 0 saturated heterocycles. The van der Waals surface area contributed by atoms with Crippen molar-refractivity contribution in [1.82, 2.24) is 19.1 Å². The van der Waals surface area contributed by atoms with Gasteiger partial charge in [0.25, 0.3) is 11.1 Å². The van der Waals surface area contributed by atoms with E-state index in [1.54, 1.807) is 24.7 Å². The maximum absolute atomic E-state index is 13.0. The van der Waals surface area contributed by atoms with Gasteiger partial charge in [-0.1, -0.05) is 35.9 Å². The van der Waals surface area contributed by atoms with Gasteiger partial charge in [-0.15, -0.1) is 0 Å². The van der Waals surface area contributed by atoms with Crippen LogP contribution in [0.5, 0.6) is 0 Å². The second-order valence-corrected chi connectivity index (χ2v) is 8.02. The van der Waals surface area contributed by atoms with Crippen LogP contribution in [0.1, 0.15) is 16.8 Å². The summed E-state index contributed by atoms with van der Waals surface area (Å²) in [6, 6.07) is 18.2. The summed E-state index contributed by atoms with van der Waals surface area (Å²) in [5.74, 6) is -0.506. The van der Waals surface area contributed by atoms with Gasteiger partial charge in [0, 0.05) is 18.7 Å². The van der Waals surface area contributed by atoms with E-state index in [0.717, 1.165) is 21.4 Å². The molecule has 1 amide bonds. The molecule has 0 saturated carbocycles. The standard InChI is InChI=1S/C25H25N5O3/c1-16-10-11-17(2)20(14-16)21-12-13-23(32)29(27-21)15-22(31)26-24-18(3)28(4)30(25(24)33)19-8-6-5-7-9-19/h5-14H,15H2,1-4H3,(H,26,31). The number of anilines is 1. The van der Waals surface area contributed by atoms with Gasteiger partial charge in [0.2, 0.25) is 5.91 Å². The van der Waals surface area contributed by atoms with Crippen molar-refractivity contribution < 1.29 is 4.79 Å². The smallest absolute Gasteiger partial charge is 0.295 e. The number of carbonyl (C=O) groups is 1. The highest BCUT2D eigenvalue weighted by Crippen LogP contribution is 2.21. The van der Waals surface area contributed by atoms with E-state index in [1.807, 2.05) is 62.4 Å². The number of nitrogens with one attached hydrogen (secondary N) is 1. The Labute approximate surface area is 190 Å². The van der Waals surface area contributed by atoms with Crippen molar-refractivity contribution >= 4 is 11.6 Å². The zero-order valence-electron chi connectivity index (χ0n) is 19.0. The topological polar surface area (TPSA) is 90.9 Å². The molecule has 2 aromatic heterocycles. The summed E-state index contributed by atoms with van der Waals surface area (Å²) in [6.07, 6.45) is 0. The Morgan fingerprint density at radius 1 is 0.970 bits per heavy atom. The van der Waals surface area contributed by atoms with Crippen molar-refractivity contribution in [2.45, 2.75) is 27.3 Å². The van der Waals surface area contributed by atoms with Gasteiger partial charge >= 0.3 is 0 Å². The highest BCUT2D eigenvalue weighted by atomic mass is 16.2. The maximum Gasteiger partial charge on any atom is 0.295 e. The summed E-state index contributed by atoms with van der Waals surface area (Å²) in [7, 11) is 1.75. The van der Waals surface area contributed by atoms with E-state index in [0.29, 0.717) is 17.1 Å². The lowest BCUT2D eigenvalue weighted by Crippen LogP contribution is -2.31. The van der Waals surface area contributed by atoms with Crippen molar-refractivity contribution in [3.8, 4) is 16.9 Å². The van der Waals surface area contributed by atoms with Crippen molar-refractivity contribution in [3.63, 3.8) is 0 Å². The molecule has 4 rings (SSSR count). The van der Waals surface area contributed by atoms with Crippen LogP contribution in [0.4, 0.5) is 5.69 Å². The highest BCUT2D eigenvalue weighted by molar-refractivity contribution is 5.91. The lowest BCUT2D eigenvalue weighted by Gasteiger charge is -2.10. The van der Waals surface area contributed by atoms with E-state index < -0.39 is 11.5 Å². The Morgan fingerprint density at radius 2 is 1.70 bits per heavy atom. The number of amides is 1. The average molecular weight is 444 g/mol. The molecule has 2 heterocycles. The maximum atomic E-state index is 13.0.